The molecule has 3 fully saturated rings. The van der Waals surface area contributed by atoms with Gasteiger partial charge in [0.1, 0.15) is 0 Å². The van der Waals surface area contributed by atoms with Crippen molar-refractivity contribution in [2.24, 2.45) is 11.8 Å². The standard InChI is InChI=1S/C17H30N2O2/c1-2-5-15-17(20)19(10-8-13-9-11-21-12-13)16(18-15)14-6-3-4-7-14/h13-16,18H,2-12H2,1H3. The van der Waals surface area contributed by atoms with Crippen LogP contribution in [-0.2, 0) is 9.53 Å². The maximum absolute atomic E-state index is 12.7. The van der Waals surface area contributed by atoms with Gasteiger partial charge in [0.05, 0.1) is 12.2 Å². The van der Waals surface area contributed by atoms with Crippen LogP contribution < -0.4 is 5.32 Å². The smallest absolute Gasteiger partial charge is 0.241 e. The molecule has 120 valence electrons. The minimum Gasteiger partial charge on any atom is -0.381 e. The Morgan fingerprint density at radius 2 is 2.05 bits per heavy atom. The first-order valence-corrected chi connectivity index (χ1v) is 8.94. The van der Waals surface area contributed by atoms with Crippen LogP contribution in [0.2, 0.25) is 0 Å². The molecule has 3 unspecified atom stereocenters. The summed E-state index contributed by atoms with van der Waals surface area (Å²) >= 11 is 0. The van der Waals surface area contributed by atoms with Crippen LogP contribution in [-0.4, -0.2) is 42.8 Å². The van der Waals surface area contributed by atoms with Crippen LogP contribution in [0.25, 0.3) is 0 Å². The summed E-state index contributed by atoms with van der Waals surface area (Å²) in [4.78, 5) is 14.9. The molecule has 0 bridgehead atoms. The molecule has 0 radical (unpaired) electrons. The van der Waals surface area contributed by atoms with E-state index < -0.39 is 0 Å². The van der Waals surface area contributed by atoms with Gasteiger partial charge in [0, 0.05) is 19.8 Å². The fourth-order valence-electron chi connectivity index (χ4n) is 4.25. The lowest BCUT2D eigenvalue weighted by Crippen LogP contribution is -2.43. The van der Waals surface area contributed by atoms with Crippen LogP contribution in [0.4, 0.5) is 0 Å². The van der Waals surface area contributed by atoms with Crippen LogP contribution in [0.3, 0.4) is 0 Å². The minimum atomic E-state index is 0.0698. The number of carbonyl (C=O) groups excluding carboxylic acids is 1. The van der Waals surface area contributed by atoms with E-state index in [0.29, 0.717) is 23.9 Å². The quantitative estimate of drug-likeness (QED) is 0.818. The van der Waals surface area contributed by atoms with Gasteiger partial charge in [-0.15, -0.1) is 0 Å². The van der Waals surface area contributed by atoms with Gasteiger partial charge in [-0.1, -0.05) is 26.2 Å². The number of nitrogens with one attached hydrogen (secondary N) is 1. The van der Waals surface area contributed by atoms with Crippen molar-refractivity contribution < 1.29 is 9.53 Å². The summed E-state index contributed by atoms with van der Waals surface area (Å²) in [7, 11) is 0. The molecule has 1 amide bonds. The first-order chi connectivity index (χ1) is 10.3. The highest BCUT2D eigenvalue weighted by molar-refractivity contribution is 5.84. The Kier molecular flexibility index (Phi) is 5.17. The van der Waals surface area contributed by atoms with Crippen molar-refractivity contribution >= 4 is 5.91 Å². The van der Waals surface area contributed by atoms with Gasteiger partial charge >= 0.3 is 0 Å². The fourth-order valence-corrected chi connectivity index (χ4v) is 4.25. The molecule has 1 aliphatic carbocycles. The zero-order valence-electron chi connectivity index (χ0n) is 13.4. The zero-order valence-corrected chi connectivity index (χ0v) is 13.4. The highest BCUT2D eigenvalue weighted by Gasteiger charge is 2.42. The largest absolute Gasteiger partial charge is 0.381 e. The molecule has 1 N–H and O–H groups in total. The first kappa shape index (κ1) is 15.3. The van der Waals surface area contributed by atoms with Crippen molar-refractivity contribution in [3.05, 3.63) is 0 Å². The topological polar surface area (TPSA) is 41.6 Å². The number of ether oxygens (including phenoxy) is 1. The van der Waals surface area contributed by atoms with E-state index in [-0.39, 0.29) is 6.04 Å². The lowest BCUT2D eigenvalue weighted by molar-refractivity contribution is -0.130. The molecule has 2 aliphatic heterocycles. The summed E-state index contributed by atoms with van der Waals surface area (Å²) in [6.45, 7) is 4.88. The summed E-state index contributed by atoms with van der Waals surface area (Å²) in [5.41, 5.74) is 0. The van der Waals surface area contributed by atoms with E-state index in [0.717, 1.165) is 39.0 Å². The molecule has 0 spiro atoms. The molecule has 3 aliphatic rings. The van der Waals surface area contributed by atoms with Crippen LogP contribution >= 0.6 is 0 Å². The van der Waals surface area contributed by atoms with E-state index in [1.54, 1.807) is 0 Å². The Labute approximate surface area is 128 Å². The van der Waals surface area contributed by atoms with E-state index in [1.165, 1.54) is 32.1 Å². The van der Waals surface area contributed by atoms with E-state index in [4.69, 9.17) is 4.74 Å². The average Bonchev–Trinajstić information content (AvgIpc) is 3.20. The summed E-state index contributed by atoms with van der Waals surface area (Å²) < 4.78 is 5.47. The lowest BCUT2D eigenvalue weighted by Gasteiger charge is -2.29. The van der Waals surface area contributed by atoms with Gasteiger partial charge in [-0.05, 0) is 43.9 Å². The van der Waals surface area contributed by atoms with Crippen molar-refractivity contribution in [1.82, 2.24) is 10.2 Å². The minimum absolute atomic E-state index is 0.0698. The molecule has 1 saturated carbocycles. The van der Waals surface area contributed by atoms with E-state index in [9.17, 15) is 4.79 Å². The van der Waals surface area contributed by atoms with Gasteiger partial charge < -0.3 is 9.64 Å². The summed E-state index contributed by atoms with van der Waals surface area (Å²) in [6, 6.07) is 0.0698. The van der Waals surface area contributed by atoms with E-state index in [1.807, 2.05) is 0 Å². The predicted octanol–water partition coefficient (Wildman–Crippen LogP) is 2.53. The molecule has 2 saturated heterocycles. The molecule has 4 heteroatoms. The molecule has 0 aromatic carbocycles. The van der Waals surface area contributed by atoms with Crippen LogP contribution in [0.15, 0.2) is 0 Å². The highest BCUT2D eigenvalue weighted by atomic mass is 16.5. The third kappa shape index (κ3) is 3.42. The molecular weight excluding hydrogens is 264 g/mol. The molecule has 0 aromatic heterocycles. The Morgan fingerprint density at radius 1 is 1.24 bits per heavy atom. The van der Waals surface area contributed by atoms with E-state index >= 15 is 0 Å². The third-order valence-electron chi connectivity index (χ3n) is 5.51. The van der Waals surface area contributed by atoms with Crippen molar-refractivity contribution in [1.29, 1.82) is 0 Å². The van der Waals surface area contributed by atoms with Gasteiger partial charge in [-0.25, -0.2) is 0 Å². The number of nitrogens with zero attached hydrogens (tertiary/aromatic N) is 1. The molecule has 3 rings (SSSR count). The van der Waals surface area contributed by atoms with Gasteiger partial charge in [-0.2, -0.15) is 0 Å². The van der Waals surface area contributed by atoms with Crippen molar-refractivity contribution in [2.75, 3.05) is 19.8 Å². The second-order valence-corrected chi connectivity index (χ2v) is 7.05. The van der Waals surface area contributed by atoms with Gasteiger partial charge in [0.2, 0.25) is 5.91 Å². The number of carbonyl (C=O) groups is 1. The molecule has 2 heterocycles. The fraction of sp³-hybridized carbons (Fsp3) is 0.941. The maximum Gasteiger partial charge on any atom is 0.241 e. The molecule has 4 nitrogen and oxygen atoms in total. The maximum atomic E-state index is 12.7. The Bertz CT molecular complexity index is 349. The summed E-state index contributed by atoms with van der Waals surface area (Å²) in [6.07, 6.45) is 9.87. The summed E-state index contributed by atoms with van der Waals surface area (Å²) in [5, 5.41) is 3.65. The third-order valence-corrected chi connectivity index (χ3v) is 5.51. The monoisotopic (exact) mass is 294 g/mol. The van der Waals surface area contributed by atoms with Crippen molar-refractivity contribution in [3.63, 3.8) is 0 Å². The Morgan fingerprint density at radius 3 is 2.71 bits per heavy atom. The second kappa shape index (κ2) is 7.10. The lowest BCUT2D eigenvalue weighted by atomic mass is 10.0. The number of hydrogen-bond acceptors (Lipinski definition) is 3. The number of amides is 1. The Hall–Kier alpha value is -0.610. The van der Waals surface area contributed by atoms with Crippen molar-refractivity contribution in [2.45, 2.75) is 70.5 Å². The zero-order chi connectivity index (χ0) is 14.7. The van der Waals surface area contributed by atoms with Crippen molar-refractivity contribution in [3.8, 4) is 0 Å². The van der Waals surface area contributed by atoms with Crippen LogP contribution in [0.1, 0.15) is 58.3 Å². The summed E-state index contributed by atoms with van der Waals surface area (Å²) in [5.74, 6) is 1.69. The first-order valence-electron chi connectivity index (χ1n) is 8.94. The van der Waals surface area contributed by atoms with E-state index in [2.05, 4.69) is 17.1 Å². The van der Waals surface area contributed by atoms with Gasteiger partial charge in [0.25, 0.3) is 0 Å². The predicted molar refractivity (Wildman–Crippen MR) is 82.8 cm³/mol. The highest BCUT2D eigenvalue weighted by Crippen LogP contribution is 2.33. The molecular formula is C17H30N2O2. The van der Waals surface area contributed by atoms with Crippen LogP contribution in [0, 0.1) is 11.8 Å². The molecule has 21 heavy (non-hydrogen) atoms. The van der Waals surface area contributed by atoms with Gasteiger partial charge in [0.15, 0.2) is 0 Å². The Balaban J connectivity index is 1.61. The SMILES string of the molecule is CCCC1NC(C2CCCC2)N(CCC2CCOC2)C1=O. The van der Waals surface area contributed by atoms with Gasteiger partial charge in [-0.3, -0.25) is 10.1 Å². The normalized spacial score (nSPS) is 34.2. The number of hydrogen-bond donors (Lipinski definition) is 1. The van der Waals surface area contributed by atoms with Crippen LogP contribution in [0.5, 0.6) is 0 Å². The second-order valence-electron chi connectivity index (χ2n) is 7.05. The average molecular weight is 294 g/mol. The molecule has 0 aromatic rings. The molecule has 3 atom stereocenters. The number of rotatable bonds is 6.